The topological polar surface area (TPSA) is 100 Å². The summed E-state index contributed by atoms with van der Waals surface area (Å²) in [5, 5.41) is 6.69. The molecule has 3 N–H and O–H groups in total. The van der Waals surface area contributed by atoms with Crippen LogP contribution < -0.4 is 10.6 Å². The minimum absolute atomic E-state index is 0.108. The van der Waals surface area contributed by atoms with E-state index in [1.807, 2.05) is 0 Å². The van der Waals surface area contributed by atoms with Crippen molar-refractivity contribution in [2.45, 2.75) is 19.8 Å². The number of carbonyl (C=O) groups excluding carboxylic acids is 3. The lowest BCUT2D eigenvalue weighted by molar-refractivity contribution is -0.144. The fraction of sp³-hybridized carbons (Fsp3) is 0.312. The summed E-state index contributed by atoms with van der Waals surface area (Å²) in [6.45, 7) is 1.32. The summed E-state index contributed by atoms with van der Waals surface area (Å²) < 4.78 is 4.69. The summed E-state index contributed by atoms with van der Waals surface area (Å²) in [6, 6.07) is 1.52. The molecule has 1 aromatic carbocycles. The smallest absolute Gasteiger partial charge is 0.303 e. The van der Waals surface area contributed by atoms with Crippen LogP contribution in [0.4, 0.5) is 5.69 Å². The number of aromatic amines is 1. The van der Waals surface area contributed by atoms with Crippen molar-refractivity contribution < 1.29 is 19.1 Å². The van der Waals surface area contributed by atoms with E-state index in [1.54, 1.807) is 0 Å². The quantitative estimate of drug-likeness (QED) is 0.707. The van der Waals surface area contributed by atoms with E-state index in [2.05, 4.69) is 15.6 Å². The molecule has 1 aliphatic rings. The summed E-state index contributed by atoms with van der Waals surface area (Å²) in [6.07, 6.45) is 0.782. The molecule has 2 amide bonds. The molecule has 0 unspecified atom stereocenters. The second-order valence-corrected chi connectivity index (χ2v) is 6.44. The molecule has 0 spiro atoms. The molecule has 9 heteroatoms. The van der Waals surface area contributed by atoms with Crippen molar-refractivity contribution in [3.05, 3.63) is 27.4 Å². The number of carbonyl (C=O) groups is 3. The maximum absolute atomic E-state index is 12.0. The van der Waals surface area contributed by atoms with Crippen molar-refractivity contribution in [1.82, 2.24) is 10.3 Å². The normalized spacial score (nSPS) is 13.8. The van der Waals surface area contributed by atoms with E-state index < -0.39 is 18.5 Å². The van der Waals surface area contributed by atoms with Gasteiger partial charge in [0.25, 0.3) is 5.91 Å². The third kappa shape index (κ3) is 3.57. The number of ether oxygens (including phenoxy) is 1. The van der Waals surface area contributed by atoms with E-state index in [1.165, 1.54) is 13.0 Å². The second kappa shape index (κ2) is 6.93. The summed E-state index contributed by atoms with van der Waals surface area (Å²) in [4.78, 5) is 38.0. The first-order valence-electron chi connectivity index (χ1n) is 7.58. The van der Waals surface area contributed by atoms with Gasteiger partial charge in [-0.3, -0.25) is 14.4 Å². The highest BCUT2D eigenvalue weighted by Crippen LogP contribution is 2.39. The Morgan fingerprint density at radius 2 is 2.12 bits per heavy atom. The number of benzene rings is 1. The van der Waals surface area contributed by atoms with E-state index in [0.717, 1.165) is 11.3 Å². The molecule has 0 saturated carbocycles. The van der Waals surface area contributed by atoms with Gasteiger partial charge in [-0.25, -0.2) is 0 Å². The number of nitrogens with one attached hydrogen (secondary N) is 3. The predicted molar refractivity (Wildman–Crippen MR) is 94.0 cm³/mol. The summed E-state index contributed by atoms with van der Waals surface area (Å²) in [7, 11) is 0. The third-order valence-electron chi connectivity index (χ3n) is 3.88. The number of H-pyrrole nitrogens is 1. The van der Waals surface area contributed by atoms with Gasteiger partial charge in [-0.15, -0.1) is 0 Å². The van der Waals surface area contributed by atoms with Crippen molar-refractivity contribution in [2.75, 3.05) is 18.5 Å². The summed E-state index contributed by atoms with van der Waals surface area (Å²) >= 11 is 12.4. The molecule has 0 bridgehead atoms. The molecule has 0 fully saturated rings. The Labute approximate surface area is 153 Å². The highest BCUT2D eigenvalue weighted by atomic mass is 35.5. The second-order valence-electron chi connectivity index (χ2n) is 5.66. The molecule has 25 heavy (non-hydrogen) atoms. The number of fused-ring (bicyclic) bond motifs is 3. The molecule has 7 nitrogen and oxygen atoms in total. The molecule has 0 aliphatic carbocycles. The fourth-order valence-electron chi connectivity index (χ4n) is 2.84. The van der Waals surface area contributed by atoms with Crippen molar-refractivity contribution in [3.8, 4) is 0 Å². The van der Waals surface area contributed by atoms with Crippen molar-refractivity contribution in [2.24, 2.45) is 0 Å². The molecule has 0 radical (unpaired) electrons. The number of anilines is 1. The molecule has 0 atom stereocenters. The third-order valence-corrected chi connectivity index (χ3v) is 4.66. The van der Waals surface area contributed by atoms with Gasteiger partial charge in [0.1, 0.15) is 0 Å². The van der Waals surface area contributed by atoms with Gasteiger partial charge in [-0.2, -0.15) is 0 Å². The maximum atomic E-state index is 12.0. The molecule has 1 aliphatic heterocycles. The van der Waals surface area contributed by atoms with Crippen molar-refractivity contribution in [1.29, 1.82) is 0 Å². The van der Waals surface area contributed by atoms with E-state index in [0.29, 0.717) is 34.6 Å². The number of esters is 1. The SMILES string of the molecule is CC(=O)OCC(=O)Nc1cc(Cl)c(Cl)c2[nH]c3c(c12)CC(=O)NCC3. The van der Waals surface area contributed by atoms with Crippen LogP contribution in [0.5, 0.6) is 0 Å². The zero-order chi connectivity index (χ0) is 18.1. The summed E-state index contributed by atoms with van der Waals surface area (Å²) in [5.74, 6) is -1.17. The molecule has 1 aromatic heterocycles. The lowest BCUT2D eigenvalue weighted by Gasteiger charge is -2.10. The minimum atomic E-state index is -0.554. The van der Waals surface area contributed by atoms with E-state index in [4.69, 9.17) is 27.9 Å². The molecular formula is C16H15Cl2N3O4. The Kier molecular flexibility index (Phi) is 4.87. The largest absolute Gasteiger partial charge is 0.456 e. The van der Waals surface area contributed by atoms with Gasteiger partial charge in [0.15, 0.2) is 6.61 Å². The predicted octanol–water partition coefficient (Wildman–Crippen LogP) is 2.19. The highest BCUT2D eigenvalue weighted by Gasteiger charge is 2.23. The lowest BCUT2D eigenvalue weighted by Crippen LogP contribution is -2.24. The average molecular weight is 384 g/mol. The number of amides is 2. The Hall–Kier alpha value is -2.25. The van der Waals surface area contributed by atoms with Crippen LogP contribution in [-0.4, -0.2) is 35.9 Å². The molecule has 2 aromatic rings. The number of aromatic nitrogens is 1. The number of halogens is 2. The number of hydrogen-bond acceptors (Lipinski definition) is 4. The molecule has 132 valence electrons. The molecule has 0 saturated heterocycles. The number of rotatable bonds is 3. The van der Waals surface area contributed by atoms with Crippen LogP contribution in [-0.2, 0) is 32.0 Å². The van der Waals surface area contributed by atoms with E-state index in [9.17, 15) is 14.4 Å². The Balaban J connectivity index is 2.06. The van der Waals surface area contributed by atoms with Gasteiger partial charge >= 0.3 is 5.97 Å². The highest BCUT2D eigenvalue weighted by molar-refractivity contribution is 6.45. The minimum Gasteiger partial charge on any atom is -0.456 e. The van der Waals surface area contributed by atoms with Crippen LogP contribution in [0.15, 0.2) is 6.07 Å². The van der Waals surface area contributed by atoms with Crippen molar-refractivity contribution >= 4 is 57.6 Å². The monoisotopic (exact) mass is 383 g/mol. The van der Waals surface area contributed by atoms with Gasteiger partial charge in [0.2, 0.25) is 5.91 Å². The van der Waals surface area contributed by atoms with Crippen LogP contribution in [0.1, 0.15) is 18.2 Å². The molecule has 2 heterocycles. The van der Waals surface area contributed by atoms with Gasteiger partial charge < -0.3 is 20.4 Å². The lowest BCUT2D eigenvalue weighted by atomic mass is 10.0. The van der Waals surface area contributed by atoms with Crippen LogP contribution >= 0.6 is 23.2 Å². The van der Waals surface area contributed by atoms with Gasteiger partial charge in [-0.1, -0.05) is 23.2 Å². The Bertz CT molecular complexity index is 891. The first-order valence-corrected chi connectivity index (χ1v) is 8.33. The first-order chi connectivity index (χ1) is 11.9. The molecular weight excluding hydrogens is 369 g/mol. The average Bonchev–Trinajstić information content (AvgIpc) is 2.79. The van der Waals surface area contributed by atoms with Gasteiger partial charge in [-0.05, 0) is 11.6 Å². The molecule has 3 rings (SSSR count). The van der Waals surface area contributed by atoms with E-state index in [-0.39, 0.29) is 17.4 Å². The van der Waals surface area contributed by atoms with Gasteiger partial charge in [0, 0.05) is 31.0 Å². The standard InChI is InChI=1S/C16H15Cl2N3O4/c1-7(22)25-6-13(24)20-11-5-9(17)15(18)16-14(11)8-4-12(23)19-3-2-10(8)21-16/h5,21H,2-4,6H2,1H3,(H,19,23)(H,20,24). The summed E-state index contributed by atoms with van der Waals surface area (Å²) in [5.41, 5.74) is 2.62. The zero-order valence-electron chi connectivity index (χ0n) is 13.3. The zero-order valence-corrected chi connectivity index (χ0v) is 14.8. The first kappa shape index (κ1) is 17.6. The van der Waals surface area contributed by atoms with E-state index >= 15 is 0 Å². The maximum Gasteiger partial charge on any atom is 0.303 e. The van der Waals surface area contributed by atoms with Crippen LogP contribution in [0.3, 0.4) is 0 Å². The van der Waals surface area contributed by atoms with Gasteiger partial charge in [0.05, 0.1) is 27.7 Å². The Morgan fingerprint density at radius 1 is 1.36 bits per heavy atom. The fourth-order valence-corrected chi connectivity index (χ4v) is 3.24. The van der Waals surface area contributed by atoms with Crippen molar-refractivity contribution in [3.63, 3.8) is 0 Å². The Morgan fingerprint density at radius 3 is 2.84 bits per heavy atom. The van der Waals surface area contributed by atoms with Crippen LogP contribution in [0, 0.1) is 0 Å². The van der Waals surface area contributed by atoms with Crippen LogP contribution in [0.25, 0.3) is 10.9 Å². The van der Waals surface area contributed by atoms with Crippen LogP contribution in [0.2, 0.25) is 10.0 Å². The number of hydrogen-bond donors (Lipinski definition) is 3.